The van der Waals surface area contributed by atoms with E-state index in [1.54, 1.807) is 7.11 Å². The van der Waals surface area contributed by atoms with Gasteiger partial charge in [-0.3, -0.25) is 4.79 Å². The van der Waals surface area contributed by atoms with Gasteiger partial charge in [0.1, 0.15) is 0 Å². The second kappa shape index (κ2) is 10.7. The number of carbonyl (C=O) groups is 1. The van der Waals surface area contributed by atoms with Gasteiger partial charge < -0.3 is 20.1 Å². The van der Waals surface area contributed by atoms with Gasteiger partial charge >= 0.3 is 0 Å². The maximum absolute atomic E-state index is 13.2. The summed E-state index contributed by atoms with van der Waals surface area (Å²) >= 11 is 0. The number of fused-ring (bicyclic) bond motifs is 1. The van der Waals surface area contributed by atoms with Gasteiger partial charge in [0.2, 0.25) is 0 Å². The van der Waals surface area contributed by atoms with Crippen LogP contribution in [0, 0.1) is 5.41 Å². The number of anilines is 1. The summed E-state index contributed by atoms with van der Waals surface area (Å²) in [5.41, 5.74) is 2.44. The zero-order valence-electron chi connectivity index (χ0n) is 19.2. The molecule has 2 unspecified atom stereocenters. The third-order valence-corrected chi connectivity index (χ3v) is 5.55. The Labute approximate surface area is 186 Å². The summed E-state index contributed by atoms with van der Waals surface area (Å²) in [5, 5.41) is 7.15. The van der Waals surface area contributed by atoms with Crippen LogP contribution in [0.15, 0.2) is 48.5 Å². The topological polar surface area (TPSA) is 59.6 Å². The highest BCUT2D eigenvalue weighted by molar-refractivity contribution is 5.86. The van der Waals surface area contributed by atoms with Gasteiger partial charge in [-0.2, -0.15) is 0 Å². The number of hydrogen-bond acceptors (Lipinski definition) is 5. The lowest BCUT2D eigenvalue weighted by Crippen LogP contribution is -2.52. The van der Waals surface area contributed by atoms with Gasteiger partial charge in [0.15, 0.2) is 17.3 Å². The number of aryl methyl sites for hydroxylation is 1. The zero-order chi connectivity index (χ0) is 22.3. The fourth-order valence-corrected chi connectivity index (χ4v) is 4.08. The van der Waals surface area contributed by atoms with Crippen LogP contribution in [0.5, 0.6) is 11.5 Å². The molecule has 1 heterocycles. The molecule has 2 atom stereocenters. The van der Waals surface area contributed by atoms with E-state index in [0.29, 0.717) is 13.0 Å². The zero-order valence-corrected chi connectivity index (χ0v) is 19.2. The third-order valence-electron chi connectivity index (χ3n) is 5.55. The number of rotatable bonds is 10. The van der Waals surface area contributed by atoms with Crippen molar-refractivity contribution in [3.8, 4) is 11.5 Å². The van der Waals surface area contributed by atoms with Crippen LogP contribution in [-0.4, -0.2) is 38.1 Å². The fourth-order valence-electron chi connectivity index (χ4n) is 4.08. The summed E-state index contributed by atoms with van der Waals surface area (Å²) < 4.78 is 11.2. The lowest BCUT2D eigenvalue weighted by Gasteiger charge is -2.34. The summed E-state index contributed by atoms with van der Waals surface area (Å²) in [7, 11) is 1.64. The number of carbonyl (C=O) groups excluding carboxylic acids is 1. The molecule has 2 N–H and O–H groups in total. The Kier molecular flexibility index (Phi) is 7.97. The molecule has 5 heteroatoms. The van der Waals surface area contributed by atoms with E-state index >= 15 is 0 Å². The van der Waals surface area contributed by atoms with Crippen molar-refractivity contribution in [1.29, 1.82) is 0 Å². The molecule has 0 radical (unpaired) electrons. The molecule has 0 spiro atoms. The number of hydrogen-bond donors (Lipinski definition) is 2. The Hall–Kier alpha value is -2.53. The third kappa shape index (κ3) is 6.73. The van der Waals surface area contributed by atoms with Crippen LogP contribution in [0.25, 0.3) is 0 Å². The average molecular weight is 425 g/mol. The first kappa shape index (κ1) is 23.1. The van der Waals surface area contributed by atoms with Crippen molar-refractivity contribution in [2.24, 2.45) is 5.41 Å². The molecule has 3 rings (SSSR count). The number of ether oxygens (including phenoxy) is 2. The van der Waals surface area contributed by atoms with Gasteiger partial charge in [0.05, 0.1) is 19.8 Å². The molecule has 0 fully saturated rings. The maximum Gasteiger partial charge on any atom is 0.161 e. The minimum atomic E-state index is -0.209. The van der Waals surface area contributed by atoms with Crippen LogP contribution < -0.4 is 20.1 Å². The average Bonchev–Trinajstić information content (AvgIpc) is 2.75. The van der Waals surface area contributed by atoms with Gasteiger partial charge in [0, 0.05) is 18.2 Å². The number of benzene rings is 2. The number of Topliss-reactive ketones (excluding diaryl/α,β-unsaturated/α-hetero) is 1. The lowest BCUT2D eigenvalue weighted by molar-refractivity contribution is -0.123. The standard InChI is InChI=1S/C26H36N2O3/c1-26(2,3)18-22(29)25(21-15-14-19-10-5-6-11-20(19)28-21)27-16-9-17-31-24-13-8-7-12-23(24)30-4/h5-8,10-13,21,25,27-28H,9,14-18H2,1-4H3. The molecule has 0 bridgehead atoms. The van der Waals surface area contributed by atoms with Crippen molar-refractivity contribution >= 4 is 11.5 Å². The summed E-state index contributed by atoms with van der Waals surface area (Å²) in [6.45, 7) is 7.63. The predicted molar refractivity (Wildman–Crippen MR) is 126 cm³/mol. The number of ketones is 1. The summed E-state index contributed by atoms with van der Waals surface area (Å²) in [6, 6.07) is 15.9. The Bertz CT molecular complexity index is 860. The monoisotopic (exact) mass is 424 g/mol. The quantitative estimate of drug-likeness (QED) is 0.534. The summed E-state index contributed by atoms with van der Waals surface area (Å²) in [5.74, 6) is 1.75. The van der Waals surface area contributed by atoms with E-state index in [1.165, 1.54) is 5.56 Å². The SMILES string of the molecule is COc1ccccc1OCCCNC(C(=O)CC(C)(C)C)C1CCc2ccccc2N1. The molecule has 0 saturated heterocycles. The molecule has 0 aromatic heterocycles. The molecular formula is C26H36N2O3. The molecule has 1 aliphatic heterocycles. The largest absolute Gasteiger partial charge is 0.493 e. The van der Waals surface area contributed by atoms with Crippen LogP contribution in [0.3, 0.4) is 0 Å². The first-order valence-electron chi connectivity index (χ1n) is 11.2. The van der Waals surface area contributed by atoms with E-state index < -0.39 is 0 Å². The molecule has 0 aliphatic carbocycles. The van der Waals surface area contributed by atoms with Crippen LogP contribution in [0.4, 0.5) is 5.69 Å². The molecule has 2 aromatic rings. The van der Waals surface area contributed by atoms with Gasteiger partial charge in [0.25, 0.3) is 0 Å². The van der Waals surface area contributed by atoms with Crippen LogP contribution in [-0.2, 0) is 11.2 Å². The Morgan fingerprint density at radius 3 is 2.58 bits per heavy atom. The Morgan fingerprint density at radius 2 is 1.84 bits per heavy atom. The van der Waals surface area contributed by atoms with E-state index in [-0.39, 0.29) is 23.3 Å². The molecule has 0 saturated carbocycles. The smallest absolute Gasteiger partial charge is 0.161 e. The number of nitrogens with one attached hydrogen (secondary N) is 2. The van der Waals surface area contributed by atoms with Crippen LogP contribution in [0.2, 0.25) is 0 Å². The predicted octanol–water partition coefficient (Wildman–Crippen LogP) is 4.85. The van der Waals surface area contributed by atoms with E-state index in [0.717, 1.165) is 43.0 Å². The van der Waals surface area contributed by atoms with Gasteiger partial charge in [-0.1, -0.05) is 51.1 Å². The van der Waals surface area contributed by atoms with Gasteiger partial charge in [-0.25, -0.2) is 0 Å². The van der Waals surface area contributed by atoms with Crippen molar-refractivity contribution in [2.45, 2.75) is 58.5 Å². The molecule has 2 aromatic carbocycles. The van der Waals surface area contributed by atoms with Crippen molar-refractivity contribution in [2.75, 3.05) is 25.6 Å². The van der Waals surface area contributed by atoms with Gasteiger partial charge in [-0.05, 0) is 55.0 Å². The normalized spacial score (nSPS) is 16.7. The second-order valence-electron chi connectivity index (χ2n) is 9.44. The Balaban J connectivity index is 1.57. The van der Waals surface area contributed by atoms with Crippen molar-refractivity contribution in [3.63, 3.8) is 0 Å². The minimum absolute atomic E-state index is 0.0312. The van der Waals surface area contributed by atoms with Crippen molar-refractivity contribution in [3.05, 3.63) is 54.1 Å². The van der Waals surface area contributed by atoms with E-state index in [4.69, 9.17) is 9.47 Å². The fraction of sp³-hybridized carbons (Fsp3) is 0.500. The van der Waals surface area contributed by atoms with Gasteiger partial charge in [-0.15, -0.1) is 0 Å². The number of methoxy groups -OCH3 is 1. The molecule has 0 amide bonds. The van der Waals surface area contributed by atoms with Crippen molar-refractivity contribution in [1.82, 2.24) is 5.32 Å². The molecule has 168 valence electrons. The van der Waals surface area contributed by atoms with Crippen molar-refractivity contribution < 1.29 is 14.3 Å². The van der Waals surface area contributed by atoms with Crippen LogP contribution >= 0.6 is 0 Å². The highest BCUT2D eigenvalue weighted by Gasteiger charge is 2.32. The van der Waals surface area contributed by atoms with Crippen LogP contribution in [0.1, 0.15) is 45.6 Å². The molecule has 1 aliphatic rings. The Morgan fingerprint density at radius 1 is 1.13 bits per heavy atom. The number of para-hydroxylation sites is 3. The summed E-state index contributed by atoms with van der Waals surface area (Å²) in [6.07, 6.45) is 3.30. The van der Waals surface area contributed by atoms with E-state index in [2.05, 4.69) is 49.6 Å². The molecule has 31 heavy (non-hydrogen) atoms. The second-order valence-corrected chi connectivity index (χ2v) is 9.44. The highest BCUT2D eigenvalue weighted by Crippen LogP contribution is 2.28. The molecule has 5 nitrogen and oxygen atoms in total. The lowest BCUT2D eigenvalue weighted by atomic mass is 9.84. The highest BCUT2D eigenvalue weighted by atomic mass is 16.5. The van der Waals surface area contributed by atoms with E-state index in [9.17, 15) is 4.79 Å². The van der Waals surface area contributed by atoms with E-state index in [1.807, 2.05) is 30.3 Å². The summed E-state index contributed by atoms with van der Waals surface area (Å²) in [4.78, 5) is 13.2. The first-order chi connectivity index (χ1) is 14.9. The maximum atomic E-state index is 13.2. The minimum Gasteiger partial charge on any atom is -0.493 e. The first-order valence-corrected chi connectivity index (χ1v) is 11.2. The molecular weight excluding hydrogens is 388 g/mol.